The van der Waals surface area contributed by atoms with Gasteiger partial charge >= 0.3 is 6.03 Å². The van der Waals surface area contributed by atoms with Crippen LogP contribution in [0.15, 0.2) is 30.3 Å². The van der Waals surface area contributed by atoms with Gasteiger partial charge < -0.3 is 16.0 Å². The molecule has 0 radical (unpaired) electrons. The number of nitrogens with one attached hydrogen (secondary N) is 3. The molecule has 0 spiro atoms. The Morgan fingerprint density at radius 1 is 1.22 bits per heavy atom. The zero-order valence-corrected chi connectivity index (χ0v) is 10.6. The molecule has 0 atom stereocenters. The molecule has 2 amide bonds. The summed E-state index contributed by atoms with van der Waals surface area (Å²) in [4.78, 5) is 11.7. The summed E-state index contributed by atoms with van der Waals surface area (Å²) >= 11 is 0. The standard InChI is InChI=1S/C14H21N3O/c18-14(17-13-7-9-15-10-8-13)16-11-6-12-4-2-1-3-5-12/h1-5,13,15H,6-11H2,(H2,16,17,18). The van der Waals surface area contributed by atoms with Gasteiger partial charge in [-0.3, -0.25) is 0 Å². The van der Waals surface area contributed by atoms with E-state index in [9.17, 15) is 4.79 Å². The number of urea groups is 1. The minimum Gasteiger partial charge on any atom is -0.338 e. The first-order valence-electron chi connectivity index (χ1n) is 6.63. The molecule has 4 heteroatoms. The molecule has 0 unspecified atom stereocenters. The first-order valence-corrected chi connectivity index (χ1v) is 6.63. The number of carbonyl (C=O) groups excluding carboxylic acids is 1. The molecule has 98 valence electrons. The van der Waals surface area contributed by atoms with Gasteiger partial charge in [0.1, 0.15) is 0 Å². The van der Waals surface area contributed by atoms with Gasteiger partial charge in [-0.15, -0.1) is 0 Å². The summed E-state index contributed by atoms with van der Waals surface area (Å²) in [7, 11) is 0. The van der Waals surface area contributed by atoms with E-state index in [4.69, 9.17) is 0 Å². The van der Waals surface area contributed by atoms with E-state index in [1.54, 1.807) is 0 Å². The average molecular weight is 247 g/mol. The zero-order chi connectivity index (χ0) is 12.6. The second kappa shape index (κ2) is 7.01. The Kier molecular flexibility index (Phi) is 5.02. The van der Waals surface area contributed by atoms with E-state index in [0.717, 1.165) is 32.4 Å². The van der Waals surface area contributed by atoms with Crippen molar-refractivity contribution in [3.63, 3.8) is 0 Å². The molecule has 18 heavy (non-hydrogen) atoms. The lowest BCUT2D eigenvalue weighted by Gasteiger charge is -2.23. The summed E-state index contributed by atoms with van der Waals surface area (Å²) in [5.41, 5.74) is 1.25. The van der Waals surface area contributed by atoms with Crippen molar-refractivity contribution in [2.24, 2.45) is 0 Å². The van der Waals surface area contributed by atoms with Gasteiger partial charge in [0.15, 0.2) is 0 Å². The van der Waals surface area contributed by atoms with E-state index in [1.807, 2.05) is 18.2 Å². The molecule has 0 aromatic heterocycles. The maximum atomic E-state index is 11.7. The lowest BCUT2D eigenvalue weighted by Crippen LogP contribution is -2.47. The summed E-state index contributed by atoms with van der Waals surface area (Å²) in [5.74, 6) is 0. The topological polar surface area (TPSA) is 53.2 Å². The molecule has 2 rings (SSSR count). The third-order valence-corrected chi connectivity index (χ3v) is 3.22. The van der Waals surface area contributed by atoms with Gasteiger partial charge in [0, 0.05) is 12.6 Å². The van der Waals surface area contributed by atoms with E-state index in [1.165, 1.54) is 5.56 Å². The molecule has 1 aromatic rings. The second-order valence-electron chi connectivity index (χ2n) is 4.66. The zero-order valence-electron chi connectivity index (χ0n) is 10.6. The Hall–Kier alpha value is -1.55. The lowest BCUT2D eigenvalue weighted by molar-refractivity contribution is 0.233. The van der Waals surface area contributed by atoms with Crippen molar-refractivity contribution < 1.29 is 4.79 Å². The molecule has 0 saturated carbocycles. The Labute approximate surface area is 108 Å². The van der Waals surface area contributed by atoms with Crippen molar-refractivity contribution in [3.05, 3.63) is 35.9 Å². The fourth-order valence-electron chi connectivity index (χ4n) is 2.17. The number of rotatable bonds is 4. The van der Waals surface area contributed by atoms with Gasteiger partial charge in [0.25, 0.3) is 0 Å². The molecule has 3 N–H and O–H groups in total. The molecular formula is C14H21N3O. The first kappa shape index (κ1) is 12.9. The van der Waals surface area contributed by atoms with Crippen LogP contribution in [0.2, 0.25) is 0 Å². The highest BCUT2D eigenvalue weighted by Crippen LogP contribution is 2.01. The quantitative estimate of drug-likeness (QED) is 0.751. The van der Waals surface area contributed by atoms with E-state index in [-0.39, 0.29) is 6.03 Å². The molecule has 4 nitrogen and oxygen atoms in total. The van der Waals surface area contributed by atoms with Crippen molar-refractivity contribution in [2.45, 2.75) is 25.3 Å². The molecule has 1 fully saturated rings. The largest absolute Gasteiger partial charge is 0.338 e. The Morgan fingerprint density at radius 3 is 2.67 bits per heavy atom. The Balaban J connectivity index is 1.62. The van der Waals surface area contributed by atoms with Crippen LogP contribution in [0.4, 0.5) is 4.79 Å². The van der Waals surface area contributed by atoms with Crippen LogP contribution in [0.1, 0.15) is 18.4 Å². The predicted octanol–water partition coefficient (Wildman–Crippen LogP) is 1.28. The van der Waals surface area contributed by atoms with Gasteiger partial charge in [-0.2, -0.15) is 0 Å². The highest BCUT2D eigenvalue weighted by molar-refractivity contribution is 5.74. The molecule has 0 bridgehead atoms. The second-order valence-corrected chi connectivity index (χ2v) is 4.66. The number of carbonyl (C=O) groups is 1. The molecule has 1 aliphatic heterocycles. The number of benzene rings is 1. The number of hydrogen-bond acceptors (Lipinski definition) is 2. The first-order chi connectivity index (χ1) is 8.84. The van der Waals surface area contributed by atoms with E-state index < -0.39 is 0 Å². The molecule has 1 aliphatic rings. The lowest BCUT2D eigenvalue weighted by atomic mass is 10.1. The SMILES string of the molecule is O=C(NCCc1ccccc1)NC1CCNCC1. The Morgan fingerprint density at radius 2 is 1.94 bits per heavy atom. The molecule has 1 saturated heterocycles. The average Bonchev–Trinajstić information content (AvgIpc) is 2.41. The van der Waals surface area contributed by atoms with Crippen LogP contribution >= 0.6 is 0 Å². The maximum absolute atomic E-state index is 11.7. The summed E-state index contributed by atoms with van der Waals surface area (Å²) in [6, 6.07) is 10.5. The van der Waals surface area contributed by atoms with Crippen LogP contribution in [0.25, 0.3) is 0 Å². The monoisotopic (exact) mass is 247 g/mol. The number of amides is 2. The van der Waals surface area contributed by atoms with Crippen molar-refractivity contribution in [1.29, 1.82) is 0 Å². The van der Waals surface area contributed by atoms with Crippen LogP contribution in [-0.2, 0) is 6.42 Å². The summed E-state index contributed by atoms with van der Waals surface area (Å²) in [6.07, 6.45) is 2.92. The number of piperidine rings is 1. The maximum Gasteiger partial charge on any atom is 0.315 e. The van der Waals surface area contributed by atoms with Crippen molar-refractivity contribution in [3.8, 4) is 0 Å². The molecule has 0 aliphatic carbocycles. The van der Waals surface area contributed by atoms with E-state index in [2.05, 4.69) is 28.1 Å². The summed E-state index contributed by atoms with van der Waals surface area (Å²) < 4.78 is 0. The third-order valence-electron chi connectivity index (χ3n) is 3.22. The van der Waals surface area contributed by atoms with Crippen LogP contribution in [0.3, 0.4) is 0 Å². The van der Waals surface area contributed by atoms with Gasteiger partial charge in [0.05, 0.1) is 0 Å². The van der Waals surface area contributed by atoms with Crippen LogP contribution < -0.4 is 16.0 Å². The molecular weight excluding hydrogens is 226 g/mol. The molecule has 1 heterocycles. The fraction of sp³-hybridized carbons (Fsp3) is 0.500. The minimum absolute atomic E-state index is 0.0437. The van der Waals surface area contributed by atoms with E-state index in [0.29, 0.717) is 12.6 Å². The smallest absolute Gasteiger partial charge is 0.315 e. The van der Waals surface area contributed by atoms with Crippen LogP contribution in [0, 0.1) is 0 Å². The fourth-order valence-corrected chi connectivity index (χ4v) is 2.17. The normalized spacial score (nSPS) is 16.2. The van der Waals surface area contributed by atoms with E-state index >= 15 is 0 Å². The van der Waals surface area contributed by atoms with Gasteiger partial charge in [-0.05, 0) is 37.9 Å². The predicted molar refractivity (Wildman–Crippen MR) is 72.6 cm³/mol. The van der Waals surface area contributed by atoms with Crippen LogP contribution in [0.5, 0.6) is 0 Å². The van der Waals surface area contributed by atoms with Crippen molar-refractivity contribution >= 4 is 6.03 Å². The van der Waals surface area contributed by atoms with Crippen molar-refractivity contribution in [1.82, 2.24) is 16.0 Å². The van der Waals surface area contributed by atoms with Crippen LogP contribution in [-0.4, -0.2) is 31.7 Å². The number of hydrogen-bond donors (Lipinski definition) is 3. The van der Waals surface area contributed by atoms with Gasteiger partial charge in [0.2, 0.25) is 0 Å². The summed E-state index contributed by atoms with van der Waals surface area (Å²) in [6.45, 7) is 2.67. The molecule has 1 aromatic carbocycles. The summed E-state index contributed by atoms with van der Waals surface area (Å²) in [5, 5.41) is 9.20. The van der Waals surface area contributed by atoms with Gasteiger partial charge in [-0.25, -0.2) is 4.79 Å². The Bertz CT molecular complexity index is 361. The third kappa shape index (κ3) is 4.37. The minimum atomic E-state index is -0.0437. The highest BCUT2D eigenvalue weighted by Gasteiger charge is 2.14. The highest BCUT2D eigenvalue weighted by atomic mass is 16.2. The van der Waals surface area contributed by atoms with Crippen molar-refractivity contribution in [2.75, 3.05) is 19.6 Å². The van der Waals surface area contributed by atoms with Gasteiger partial charge in [-0.1, -0.05) is 30.3 Å².